The molecule has 0 spiro atoms. The van der Waals surface area contributed by atoms with Crippen LogP contribution in [0.15, 0.2) is 34.9 Å². The predicted molar refractivity (Wildman–Crippen MR) is 86.7 cm³/mol. The second-order valence-corrected chi connectivity index (χ2v) is 5.88. The second kappa shape index (κ2) is 6.46. The lowest BCUT2D eigenvalue weighted by molar-refractivity contribution is 0.407. The molecule has 0 bridgehead atoms. The molecule has 0 amide bonds. The van der Waals surface area contributed by atoms with Gasteiger partial charge in [0.25, 0.3) is 0 Å². The molecule has 1 aromatic carbocycles. The fourth-order valence-corrected chi connectivity index (χ4v) is 2.50. The number of aryl methyl sites for hydroxylation is 1. The van der Waals surface area contributed by atoms with Crippen LogP contribution in [0.1, 0.15) is 24.1 Å². The Hall–Kier alpha value is -1.26. The first-order valence-corrected chi connectivity index (χ1v) is 7.40. The molecule has 2 rings (SSSR count). The summed E-state index contributed by atoms with van der Waals surface area (Å²) in [5, 5.41) is 3.81. The molecule has 0 saturated carbocycles. The minimum Gasteiger partial charge on any atom is -0.496 e. The van der Waals surface area contributed by atoms with Crippen LogP contribution in [-0.2, 0) is 0 Å². The number of nitrogens with zero attached hydrogens (tertiary/aromatic N) is 1. The highest BCUT2D eigenvalue weighted by atomic mass is 79.9. The maximum Gasteiger partial charge on any atom is 0.152 e. The van der Waals surface area contributed by atoms with Crippen LogP contribution in [0.2, 0.25) is 5.15 Å². The lowest BCUT2D eigenvalue weighted by Crippen LogP contribution is -2.09. The number of methoxy groups -OCH3 is 1. The van der Waals surface area contributed by atoms with Crippen molar-refractivity contribution in [3.8, 4) is 5.75 Å². The van der Waals surface area contributed by atoms with E-state index in [1.165, 1.54) is 5.56 Å². The minimum absolute atomic E-state index is 0.0548. The summed E-state index contributed by atoms with van der Waals surface area (Å²) in [6, 6.07) is 8.11. The van der Waals surface area contributed by atoms with E-state index in [9.17, 15) is 0 Å². The van der Waals surface area contributed by atoms with Gasteiger partial charge in [-0.2, -0.15) is 0 Å². The number of hydrogen-bond acceptors (Lipinski definition) is 3. The van der Waals surface area contributed by atoms with Gasteiger partial charge in [0.05, 0.1) is 18.8 Å². The molecular weight excluding hydrogens is 340 g/mol. The average molecular weight is 356 g/mol. The van der Waals surface area contributed by atoms with Crippen molar-refractivity contribution in [1.82, 2.24) is 4.98 Å². The number of pyridine rings is 1. The highest BCUT2D eigenvalue weighted by Gasteiger charge is 2.13. The van der Waals surface area contributed by atoms with Gasteiger partial charge >= 0.3 is 0 Å². The fourth-order valence-electron chi connectivity index (χ4n) is 2.01. The van der Waals surface area contributed by atoms with Crippen molar-refractivity contribution < 1.29 is 4.74 Å². The van der Waals surface area contributed by atoms with Crippen LogP contribution in [0.3, 0.4) is 0 Å². The van der Waals surface area contributed by atoms with Gasteiger partial charge in [-0.05, 0) is 47.5 Å². The Bertz CT molecular complexity index is 619. The highest BCUT2D eigenvalue weighted by Crippen LogP contribution is 2.31. The molecular formula is C15H16BrClN2O. The summed E-state index contributed by atoms with van der Waals surface area (Å²) in [4.78, 5) is 4.11. The molecule has 106 valence electrons. The number of hydrogen-bond donors (Lipinski definition) is 1. The molecule has 3 nitrogen and oxygen atoms in total. The van der Waals surface area contributed by atoms with Crippen LogP contribution in [0.25, 0.3) is 0 Å². The Morgan fingerprint density at radius 2 is 2.10 bits per heavy atom. The highest BCUT2D eigenvalue weighted by molar-refractivity contribution is 9.10. The summed E-state index contributed by atoms with van der Waals surface area (Å²) in [5.74, 6) is 0.865. The van der Waals surface area contributed by atoms with Gasteiger partial charge in [0.15, 0.2) is 5.15 Å². The molecule has 1 N–H and O–H groups in total. The number of rotatable bonds is 4. The Balaban J connectivity index is 2.28. The summed E-state index contributed by atoms with van der Waals surface area (Å²) >= 11 is 9.50. The maximum atomic E-state index is 6.10. The van der Waals surface area contributed by atoms with Crippen molar-refractivity contribution in [2.24, 2.45) is 0 Å². The zero-order valence-corrected chi connectivity index (χ0v) is 13.9. The molecule has 0 aliphatic rings. The third kappa shape index (κ3) is 3.44. The molecule has 0 aliphatic heterocycles. The number of anilines is 1. The summed E-state index contributed by atoms with van der Waals surface area (Å²) in [5.41, 5.74) is 3.03. The topological polar surface area (TPSA) is 34.1 Å². The molecule has 0 radical (unpaired) electrons. The Morgan fingerprint density at radius 3 is 2.80 bits per heavy atom. The summed E-state index contributed by atoms with van der Waals surface area (Å²) < 4.78 is 6.32. The zero-order valence-electron chi connectivity index (χ0n) is 11.6. The predicted octanol–water partition coefficient (Wildman–Crippen LogP) is 4.99. The van der Waals surface area contributed by atoms with Crippen molar-refractivity contribution in [1.29, 1.82) is 0 Å². The van der Waals surface area contributed by atoms with Crippen molar-refractivity contribution >= 4 is 33.2 Å². The Kier molecular flexibility index (Phi) is 4.89. The van der Waals surface area contributed by atoms with Crippen LogP contribution < -0.4 is 10.1 Å². The first-order valence-electron chi connectivity index (χ1n) is 6.23. The van der Waals surface area contributed by atoms with Crippen molar-refractivity contribution in [2.75, 3.05) is 12.4 Å². The minimum atomic E-state index is 0.0548. The molecule has 1 heterocycles. The number of halogens is 2. The normalized spacial score (nSPS) is 12.1. The Labute approximate surface area is 132 Å². The molecule has 20 heavy (non-hydrogen) atoms. The van der Waals surface area contributed by atoms with Gasteiger partial charge in [-0.15, -0.1) is 0 Å². The van der Waals surface area contributed by atoms with E-state index >= 15 is 0 Å². The molecule has 1 unspecified atom stereocenters. The van der Waals surface area contributed by atoms with Crippen molar-refractivity contribution in [2.45, 2.75) is 19.9 Å². The van der Waals surface area contributed by atoms with E-state index in [-0.39, 0.29) is 6.04 Å². The van der Waals surface area contributed by atoms with Gasteiger partial charge < -0.3 is 10.1 Å². The quantitative estimate of drug-likeness (QED) is 0.785. The number of nitrogens with one attached hydrogen (secondary N) is 1. The van der Waals surface area contributed by atoms with Gasteiger partial charge in [-0.1, -0.05) is 23.7 Å². The van der Waals surface area contributed by atoms with E-state index in [2.05, 4.69) is 45.3 Å². The summed E-state index contributed by atoms with van der Waals surface area (Å²) in [6.07, 6.45) is 1.67. The van der Waals surface area contributed by atoms with Crippen molar-refractivity contribution in [3.05, 3.63) is 51.2 Å². The largest absolute Gasteiger partial charge is 0.496 e. The number of ether oxygens (including phenoxy) is 1. The van der Waals surface area contributed by atoms with Gasteiger partial charge in [-0.3, -0.25) is 0 Å². The van der Waals surface area contributed by atoms with Gasteiger partial charge in [0.1, 0.15) is 5.75 Å². The van der Waals surface area contributed by atoms with Crippen LogP contribution in [0.4, 0.5) is 5.69 Å². The smallest absolute Gasteiger partial charge is 0.152 e. The standard InChI is InChI=1S/C15H16BrClN2O/c1-9-4-5-12(14(6-9)20-3)10(2)19-13-7-11(16)8-18-15(13)17/h4-8,10,19H,1-3H3. The summed E-state index contributed by atoms with van der Waals surface area (Å²) in [7, 11) is 1.68. The third-order valence-electron chi connectivity index (χ3n) is 3.03. The molecule has 5 heteroatoms. The van der Waals surface area contributed by atoms with Crippen molar-refractivity contribution in [3.63, 3.8) is 0 Å². The lowest BCUT2D eigenvalue weighted by atomic mass is 10.0. The van der Waals surface area contributed by atoms with Crippen LogP contribution in [-0.4, -0.2) is 12.1 Å². The molecule has 2 aromatic rings. The van der Waals surface area contributed by atoms with Crippen LogP contribution in [0.5, 0.6) is 5.75 Å². The molecule has 1 aromatic heterocycles. The first kappa shape index (κ1) is 15.1. The lowest BCUT2D eigenvalue weighted by Gasteiger charge is -2.19. The van der Waals surface area contributed by atoms with Crippen LogP contribution in [0, 0.1) is 6.92 Å². The van der Waals surface area contributed by atoms with E-state index in [0.717, 1.165) is 21.5 Å². The second-order valence-electron chi connectivity index (χ2n) is 4.60. The van der Waals surface area contributed by atoms with E-state index < -0.39 is 0 Å². The van der Waals surface area contributed by atoms with E-state index in [0.29, 0.717) is 5.15 Å². The zero-order chi connectivity index (χ0) is 14.7. The maximum absolute atomic E-state index is 6.10. The van der Waals surface area contributed by atoms with Gasteiger partial charge in [0.2, 0.25) is 0 Å². The van der Waals surface area contributed by atoms with E-state index in [1.807, 2.05) is 19.1 Å². The van der Waals surface area contributed by atoms with Crippen LogP contribution >= 0.6 is 27.5 Å². The fraction of sp³-hybridized carbons (Fsp3) is 0.267. The SMILES string of the molecule is COc1cc(C)ccc1C(C)Nc1cc(Br)cnc1Cl. The van der Waals surface area contributed by atoms with Gasteiger partial charge in [0, 0.05) is 16.2 Å². The molecule has 1 atom stereocenters. The summed E-state index contributed by atoms with van der Waals surface area (Å²) in [6.45, 7) is 4.10. The van der Waals surface area contributed by atoms with Gasteiger partial charge in [-0.25, -0.2) is 4.98 Å². The van der Waals surface area contributed by atoms with E-state index in [4.69, 9.17) is 16.3 Å². The number of benzene rings is 1. The average Bonchev–Trinajstić information content (AvgIpc) is 2.42. The molecule has 0 saturated heterocycles. The molecule has 0 fully saturated rings. The monoisotopic (exact) mass is 354 g/mol. The molecule has 0 aliphatic carbocycles. The third-order valence-corrected chi connectivity index (χ3v) is 3.77. The number of aromatic nitrogens is 1. The van der Waals surface area contributed by atoms with E-state index in [1.54, 1.807) is 13.3 Å². The first-order chi connectivity index (χ1) is 9.51. The Morgan fingerprint density at radius 1 is 1.35 bits per heavy atom.